The summed E-state index contributed by atoms with van der Waals surface area (Å²) in [5.74, 6) is 0. The van der Waals surface area contributed by atoms with E-state index < -0.39 is 0 Å². The van der Waals surface area contributed by atoms with Crippen molar-refractivity contribution in [3.63, 3.8) is 0 Å². The number of rotatable bonds is 3. The lowest BCUT2D eigenvalue weighted by molar-refractivity contribution is 0.112. The number of piperazine rings is 1. The Hall–Kier alpha value is -1.35. The van der Waals surface area contributed by atoms with Crippen molar-refractivity contribution < 1.29 is 4.79 Å². The first-order valence-corrected chi connectivity index (χ1v) is 7.91. The highest BCUT2D eigenvalue weighted by Gasteiger charge is 2.25. The Labute approximate surface area is 121 Å². The third-order valence-corrected chi connectivity index (χ3v) is 4.81. The first-order valence-electron chi connectivity index (χ1n) is 7.91. The van der Waals surface area contributed by atoms with Crippen molar-refractivity contribution in [3.8, 4) is 0 Å². The number of hydrogen-bond donors (Lipinski definition) is 0. The molecule has 3 nitrogen and oxygen atoms in total. The van der Waals surface area contributed by atoms with Crippen molar-refractivity contribution in [2.24, 2.45) is 0 Å². The number of benzene rings is 1. The number of nitrogens with zero attached hydrogens (tertiary/aromatic N) is 2. The molecule has 0 unspecified atom stereocenters. The molecule has 1 aliphatic carbocycles. The summed E-state index contributed by atoms with van der Waals surface area (Å²) in [6.45, 7) is 4.36. The van der Waals surface area contributed by atoms with Gasteiger partial charge in [0, 0.05) is 43.5 Å². The molecule has 1 aromatic carbocycles. The first kappa shape index (κ1) is 13.6. The molecule has 0 radical (unpaired) electrons. The molecule has 3 heteroatoms. The fraction of sp³-hybridized carbons (Fsp3) is 0.588. The molecule has 1 heterocycles. The molecule has 20 heavy (non-hydrogen) atoms. The van der Waals surface area contributed by atoms with Gasteiger partial charge in [-0.25, -0.2) is 0 Å². The smallest absolute Gasteiger partial charge is 0.152 e. The molecule has 2 aliphatic rings. The molecule has 0 bridgehead atoms. The third-order valence-electron chi connectivity index (χ3n) is 4.81. The SMILES string of the molecule is O=Cc1ccccc1N1CCN(C2CCCCC2)CC1. The van der Waals surface area contributed by atoms with E-state index in [1.54, 1.807) is 0 Å². The lowest BCUT2D eigenvalue weighted by Crippen LogP contribution is -2.51. The summed E-state index contributed by atoms with van der Waals surface area (Å²) in [5.41, 5.74) is 1.92. The van der Waals surface area contributed by atoms with Crippen LogP contribution in [0.1, 0.15) is 42.5 Å². The van der Waals surface area contributed by atoms with Gasteiger partial charge in [0.1, 0.15) is 0 Å². The molecule has 2 fully saturated rings. The Balaban J connectivity index is 1.61. The number of carbonyl (C=O) groups excluding carboxylic acids is 1. The number of anilines is 1. The third kappa shape index (κ3) is 2.88. The van der Waals surface area contributed by atoms with Gasteiger partial charge in [0.25, 0.3) is 0 Å². The molecule has 1 aliphatic heterocycles. The average molecular weight is 272 g/mol. The van der Waals surface area contributed by atoms with Crippen molar-refractivity contribution in [1.82, 2.24) is 4.90 Å². The van der Waals surface area contributed by atoms with E-state index >= 15 is 0 Å². The van der Waals surface area contributed by atoms with E-state index in [1.165, 1.54) is 32.1 Å². The Kier molecular flexibility index (Phi) is 4.36. The minimum absolute atomic E-state index is 0.812. The summed E-state index contributed by atoms with van der Waals surface area (Å²) in [6.07, 6.45) is 7.96. The zero-order valence-electron chi connectivity index (χ0n) is 12.1. The van der Waals surface area contributed by atoms with Crippen molar-refractivity contribution in [3.05, 3.63) is 29.8 Å². The van der Waals surface area contributed by atoms with Gasteiger partial charge in [-0.2, -0.15) is 0 Å². The molecule has 108 valence electrons. The molecular weight excluding hydrogens is 248 g/mol. The van der Waals surface area contributed by atoms with Crippen LogP contribution in [0, 0.1) is 0 Å². The zero-order valence-corrected chi connectivity index (χ0v) is 12.1. The van der Waals surface area contributed by atoms with Gasteiger partial charge in [-0.3, -0.25) is 9.69 Å². The maximum Gasteiger partial charge on any atom is 0.152 e. The molecule has 3 rings (SSSR count). The summed E-state index contributed by atoms with van der Waals surface area (Å²) in [6, 6.07) is 8.75. The van der Waals surface area contributed by atoms with Gasteiger partial charge in [-0.15, -0.1) is 0 Å². The van der Waals surface area contributed by atoms with Crippen LogP contribution >= 0.6 is 0 Å². The van der Waals surface area contributed by atoms with Crippen LogP contribution < -0.4 is 4.90 Å². The molecular formula is C17H24N2O. The molecule has 1 saturated carbocycles. The minimum atomic E-state index is 0.812. The second-order valence-corrected chi connectivity index (χ2v) is 5.99. The van der Waals surface area contributed by atoms with Gasteiger partial charge in [-0.05, 0) is 25.0 Å². The molecule has 0 atom stereocenters. The maximum atomic E-state index is 11.1. The molecule has 0 amide bonds. The molecule has 1 aromatic rings. The summed E-state index contributed by atoms with van der Waals surface area (Å²) >= 11 is 0. The van der Waals surface area contributed by atoms with Gasteiger partial charge in [0.15, 0.2) is 6.29 Å². The highest BCUT2D eigenvalue weighted by Crippen LogP contribution is 2.25. The maximum absolute atomic E-state index is 11.1. The predicted molar refractivity (Wildman–Crippen MR) is 82.5 cm³/mol. The highest BCUT2D eigenvalue weighted by molar-refractivity contribution is 5.84. The van der Waals surface area contributed by atoms with Gasteiger partial charge < -0.3 is 4.90 Å². The van der Waals surface area contributed by atoms with E-state index in [2.05, 4.69) is 15.9 Å². The minimum Gasteiger partial charge on any atom is -0.368 e. The van der Waals surface area contributed by atoms with Crippen LogP contribution in [-0.2, 0) is 0 Å². The van der Waals surface area contributed by atoms with E-state index in [0.717, 1.165) is 49.8 Å². The summed E-state index contributed by atoms with van der Waals surface area (Å²) < 4.78 is 0. The number of aldehydes is 1. The predicted octanol–water partition coefficient (Wildman–Crippen LogP) is 2.95. The summed E-state index contributed by atoms with van der Waals surface area (Å²) in [4.78, 5) is 16.2. The standard InChI is InChI=1S/C17H24N2O/c20-14-15-6-4-5-9-17(15)19-12-10-18(11-13-19)16-7-2-1-3-8-16/h4-6,9,14,16H,1-3,7-8,10-13H2. The van der Waals surface area contributed by atoms with Crippen LogP contribution in [0.25, 0.3) is 0 Å². The number of hydrogen-bond acceptors (Lipinski definition) is 3. The fourth-order valence-corrected chi connectivity index (χ4v) is 3.65. The van der Waals surface area contributed by atoms with Crippen molar-refractivity contribution in [2.75, 3.05) is 31.1 Å². The van der Waals surface area contributed by atoms with Crippen LogP contribution in [-0.4, -0.2) is 43.4 Å². The van der Waals surface area contributed by atoms with Gasteiger partial charge in [0.05, 0.1) is 0 Å². The topological polar surface area (TPSA) is 23.6 Å². The van der Waals surface area contributed by atoms with Crippen LogP contribution in [0.15, 0.2) is 24.3 Å². The fourth-order valence-electron chi connectivity index (χ4n) is 3.65. The Bertz CT molecular complexity index is 446. The van der Waals surface area contributed by atoms with Gasteiger partial charge >= 0.3 is 0 Å². The zero-order chi connectivity index (χ0) is 13.8. The van der Waals surface area contributed by atoms with E-state index in [1.807, 2.05) is 18.2 Å². The summed E-state index contributed by atoms with van der Waals surface area (Å²) in [7, 11) is 0. The van der Waals surface area contributed by atoms with Crippen molar-refractivity contribution >= 4 is 12.0 Å². The lowest BCUT2D eigenvalue weighted by atomic mass is 9.94. The van der Waals surface area contributed by atoms with Crippen LogP contribution in [0.4, 0.5) is 5.69 Å². The van der Waals surface area contributed by atoms with Crippen LogP contribution in [0.3, 0.4) is 0 Å². The first-order chi connectivity index (χ1) is 9.88. The monoisotopic (exact) mass is 272 g/mol. The van der Waals surface area contributed by atoms with E-state index in [4.69, 9.17) is 0 Å². The number of para-hydroxylation sites is 1. The van der Waals surface area contributed by atoms with Crippen molar-refractivity contribution in [2.45, 2.75) is 38.1 Å². The Morgan fingerprint density at radius 3 is 2.35 bits per heavy atom. The average Bonchev–Trinajstić information content (AvgIpc) is 2.56. The Morgan fingerprint density at radius 1 is 0.950 bits per heavy atom. The lowest BCUT2D eigenvalue weighted by Gasteiger charge is -2.41. The highest BCUT2D eigenvalue weighted by atomic mass is 16.1. The largest absolute Gasteiger partial charge is 0.368 e. The number of carbonyl (C=O) groups is 1. The second kappa shape index (κ2) is 6.40. The van der Waals surface area contributed by atoms with E-state index in [-0.39, 0.29) is 0 Å². The summed E-state index contributed by atoms with van der Waals surface area (Å²) in [5, 5.41) is 0. The van der Waals surface area contributed by atoms with Gasteiger partial charge in [-0.1, -0.05) is 31.4 Å². The molecule has 1 saturated heterocycles. The molecule has 0 spiro atoms. The van der Waals surface area contributed by atoms with Crippen molar-refractivity contribution in [1.29, 1.82) is 0 Å². The molecule has 0 N–H and O–H groups in total. The second-order valence-electron chi connectivity index (χ2n) is 5.99. The Morgan fingerprint density at radius 2 is 1.65 bits per heavy atom. The van der Waals surface area contributed by atoms with E-state index in [9.17, 15) is 4.79 Å². The van der Waals surface area contributed by atoms with Crippen LogP contribution in [0.5, 0.6) is 0 Å². The molecule has 0 aromatic heterocycles. The quantitative estimate of drug-likeness (QED) is 0.790. The van der Waals surface area contributed by atoms with Gasteiger partial charge in [0.2, 0.25) is 0 Å². The normalized spacial score (nSPS) is 21.9. The van der Waals surface area contributed by atoms with Crippen LogP contribution in [0.2, 0.25) is 0 Å². The van der Waals surface area contributed by atoms with E-state index in [0.29, 0.717) is 0 Å².